The highest BCUT2D eigenvalue weighted by atomic mass is 32.2. The van der Waals surface area contributed by atoms with E-state index in [-0.39, 0.29) is 11.0 Å². The minimum absolute atomic E-state index is 0.198. The molecule has 2 aromatic heterocycles. The highest BCUT2D eigenvalue weighted by Crippen LogP contribution is 2.30. The Labute approximate surface area is 184 Å². The zero-order valence-corrected chi connectivity index (χ0v) is 18.8. The third kappa shape index (κ3) is 5.09. The first kappa shape index (κ1) is 22.4. The minimum atomic E-state index is -1.34. The highest BCUT2D eigenvalue weighted by molar-refractivity contribution is 7.90. The minimum Gasteiger partial charge on any atom is -0.609 e. The number of hydrogen-bond donors (Lipinski definition) is 1. The van der Waals surface area contributed by atoms with Crippen molar-refractivity contribution in [2.75, 3.05) is 23.1 Å². The molecule has 0 bridgehead atoms. The van der Waals surface area contributed by atoms with Gasteiger partial charge in [0.2, 0.25) is 0 Å². The van der Waals surface area contributed by atoms with Crippen LogP contribution in [0.2, 0.25) is 0 Å². The van der Waals surface area contributed by atoms with E-state index in [1.54, 1.807) is 44.9 Å². The molecule has 0 aliphatic carbocycles. The van der Waals surface area contributed by atoms with Crippen LogP contribution >= 0.6 is 0 Å². The third-order valence-electron chi connectivity index (χ3n) is 4.39. The largest absolute Gasteiger partial charge is 0.609 e. The molecule has 0 aliphatic rings. The molecule has 0 radical (unpaired) electrons. The Balaban J connectivity index is 2.17. The molecule has 3 aromatic rings. The molecule has 0 spiro atoms. The zero-order chi connectivity index (χ0) is 22.8. The summed E-state index contributed by atoms with van der Waals surface area (Å²) in [6.07, 6.45) is 1.90. The van der Waals surface area contributed by atoms with Gasteiger partial charge in [-0.05, 0) is 26.8 Å². The van der Waals surface area contributed by atoms with Gasteiger partial charge in [0.1, 0.15) is 23.7 Å². The van der Waals surface area contributed by atoms with E-state index in [0.29, 0.717) is 17.5 Å². The second kappa shape index (κ2) is 8.86. The fourth-order valence-electron chi connectivity index (χ4n) is 2.93. The van der Waals surface area contributed by atoms with Crippen LogP contribution in [0.3, 0.4) is 0 Å². The van der Waals surface area contributed by atoms with Gasteiger partial charge in [-0.25, -0.2) is 14.8 Å². The molecule has 3 rings (SSSR count). The summed E-state index contributed by atoms with van der Waals surface area (Å²) in [6.45, 7) is 5.38. The normalized spacial score (nSPS) is 12.3. The molecule has 0 fully saturated rings. The van der Waals surface area contributed by atoms with Crippen LogP contribution < -0.4 is 9.80 Å². The monoisotopic (exact) mass is 440 g/mol. The molecule has 0 saturated heterocycles. The first-order valence-corrected chi connectivity index (χ1v) is 11.0. The average molecular weight is 441 g/mol. The topological polar surface area (TPSA) is 118 Å². The van der Waals surface area contributed by atoms with Crippen molar-refractivity contribution in [2.45, 2.75) is 31.5 Å². The highest BCUT2D eigenvalue weighted by Gasteiger charge is 2.30. The van der Waals surface area contributed by atoms with Crippen LogP contribution in [-0.2, 0) is 11.2 Å². The molecule has 1 aromatic carbocycles. The van der Waals surface area contributed by atoms with Gasteiger partial charge in [-0.3, -0.25) is 4.90 Å². The molecule has 9 nitrogen and oxygen atoms in total. The summed E-state index contributed by atoms with van der Waals surface area (Å²) in [5.41, 5.74) is 0.0156. The molecule has 31 heavy (non-hydrogen) atoms. The van der Waals surface area contributed by atoms with E-state index in [2.05, 4.69) is 19.9 Å². The first-order valence-electron chi connectivity index (χ1n) is 9.46. The molecular weight excluding hydrogens is 416 g/mol. The number of amides is 1. The van der Waals surface area contributed by atoms with Crippen molar-refractivity contribution in [2.24, 2.45) is 0 Å². The standard InChI is InChI=1S/C21H24N6O3S/c1-21(2,3)27(20(28)29)17-13-16(23-18(24-17)14-9-7-6-8-10-14)26(4)15-11-12-22-19(25-15)31(5)30/h6-13H,1-5H3,(H,28,29). The van der Waals surface area contributed by atoms with Crippen LogP contribution in [0.25, 0.3) is 11.4 Å². The first-order chi connectivity index (χ1) is 14.6. The molecule has 0 saturated carbocycles. The van der Waals surface area contributed by atoms with E-state index in [0.717, 1.165) is 5.56 Å². The van der Waals surface area contributed by atoms with Crippen molar-refractivity contribution in [3.8, 4) is 11.4 Å². The van der Waals surface area contributed by atoms with Crippen LogP contribution in [0.15, 0.2) is 53.8 Å². The summed E-state index contributed by atoms with van der Waals surface area (Å²) in [6, 6.07) is 12.6. The van der Waals surface area contributed by atoms with E-state index in [4.69, 9.17) is 0 Å². The van der Waals surface area contributed by atoms with Crippen LogP contribution in [-0.4, -0.2) is 54.5 Å². The maximum atomic E-state index is 12.1. The molecule has 1 atom stereocenters. The van der Waals surface area contributed by atoms with E-state index < -0.39 is 22.8 Å². The lowest BCUT2D eigenvalue weighted by Crippen LogP contribution is -2.45. The number of rotatable bonds is 5. The SMILES string of the molecule is CN(c1cc(N(C(=O)O)C(C)(C)C)nc(-c2ccccc2)n1)c1ccnc([S+](C)[O-])n1. The van der Waals surface area contributed by atoms with Crippen molar-refractivity contribution in [3.05, 3.63) is 48.7 Å². The Kier molecular flexibility index (Phi) is 6.42. The predicted molar refractivity (Wildman–Crippen MR) is 120 cm³/mol. The number of hydrogen-bond acceptors (Lipinski definition) is 7. The smallest absolute Gasteiger partial charge is 0.413 e. The maximum absolute atomic E-state index is 12.1. The molecule has 1 amide bonds. The number of aromatic nitrogens is 4. The molecular formula is C21H24N6O3S. The Hall–Kier alpha value is -3.24. The maximum Gasteiger partial charge on any atom is 0.413 e. The van der Waals surface area contributed by atoms with E-state index >= 15 is 0 Å². The average Bonchev–Trinajstić information content (AvgIpc) is 2.72. The fourth-order valence-corrected chi connectivity index (χ4v) is 3.36. The van der Waals surface area contributed by atoms with Gasteiger partial charge in [0, 0.05) is 41.6 Å². The van der Waals surface area contributed by atoms with Crippen LogP contribution in [0.4, 0.5) is 22.2 Å². The number of anilines is 3. The van der Waals surface area contributed by atoms with E-state index in [1.807, 2.05) is 30.3 Å². The van der Waals surface area contributed by atoms with Gasteiger partial charge < -0.3 is 14.6 Å². The van der Waals surface area contributed by atoms with Crippen molar-refractivity contribution in [3.63, 3.8) is 0 Å². The third-order valence-corrected chi connectivity index (χ3v) is 5.10. The Morgan fingerprint density at radius 2 is 1.68 bits per heavy atom. The van der Waals surface area contributed by atoms with Gasteiger partial charge in [0.25, 0.3) is 0 Å². The second-order valence-corrected chi connectivity index (χ2v) is 9.05. The quantitative estimate of drug-likeness (QED) is 0.471. The van der Waals surface area contributed by atoms with Gasteiger partial charge in [-0.1, -0.05) is 30.3 Å². The number of carboxylic acid groups (broad SMARTS) is 1. The fraction of sp³-hybridized carbons (Fsp3) is 0.286. The van der Waals surface area contributed by atoms with Crippen molar-refractivity contribution in [1.82, 2.24) is 19.9 Å². The summed E-state index contributed by atoms with van der Waals surface area (Å²) < 4.78 is 11.8. The van der Waals surface area contributed by atoms with Crippen LogP contribution in [0.5, 0.6) is 0 Å². The van der Waals surface area contributed by atoms with E-state index in [9.17, 15) is 14.5 Å². The van der Waals surface area contributed by atoms with Gasteiger partial charge >= 0.3 is 11.2 Å². The van der Waals surface area contributed by atoms with Gasteiger partial charge in [-0.2, -0.15) is 9.97 Å². The van der Waals surface area contributed by atoms with Crippen molar-refractivity contribution in [1.29, 1.82) is 0 Å². The van der Waals surface area contributed by atoms with Crippen LogP contribution in [0, 0.1) is 0 Å². The van der Waals surface area contributed by atoms with Gasteiger partial charge in [-0.15, -0.1) is 0 Å². The molecule has 2 heterocycles. The zero-order valence-electron chi connectivity index (χ0n) is 18.0. The van der Waals surface area contributed by atoms with Gasteiger partial charge in [0.15, 0.2) is 5.82 Å². The second-order valence-electron chi connectivity index (χ2n) is 7.77. The predicted octanol–water partition coefficient (Wildman–Crippen LogP) is 3.72. The summed E-state index contributed by atoms with van der Waals surface area (Å²) in [5.74, 6) is 1.53. The molecule has 162 valence electrons. The number of benzene rings is 1. The molecule has 1 N–H and O–H groups in total. The van der Waals surface area contributed by atoms with Crippen LogP contribution in [0.1, 0.15) is 20.8 Å². The molecule has 0 aliphatic heterocycles. The summed E-state index contributed by atoms with van der Waals surface area (Å²) in [7, 11) is 1.74. The number of nitrogens with zero attached hydrogens (tertiary/aromatic N) is 6. The molecule has 1 unspecified atom stereocenters. The molecule has 10 heteroatoms. The summed E-state index contributed by atoms with van der Waals surface area (Å²) >= 11 is -1.34. The van der Waals surface area contributed by atoms with Crippen molar-refractivity contribution < 1.29 is 14.5 Å². The van der Waals surface area contributed by atoms with E-state index in [1.165, 1.54) is 17.4 Å². The lowest BCUT2D eigenvalue weighted by atomic mass is 10.1. The Morgan fingerprint density at radius 3 is 2.26 bits per heavy atom. The summed E-state index contributed by atoms with van der Waals surface area (Å²) in [5, 5.41) is 10.1. The lowest BCUT2D eigenvalue weighted by molar-refractivity contribution is 0.195. The van der Waals surface area contributed by atoms with Gasteiger partial charge in [0.05, 0.1) is 0 Å². The Bertz CT molecular complexity index is 1070. The summed E-state index contributed by atoms with van der Waals surface area (Å²) in [4.78, 5) is 32.5. The number of carbonyl (C=O) groups is 1. The van der Waals surface area contributed by atoms with Crippen molar-refractivity contribution >= 4 is 34.7 Å². The Morgan fingerprint density at radius 1 is 1.03 bits per heavy atom. The lowest BCUT2D eigenvalue weighted by Gasteiger charge is -2.32.